The van der Waals surface area contributed by atoms with Gasteiger partial charge in [0.05, 0.1) is 31.0 Å². The molecule has 204 valence electrons. The molecule has 7 heteroatoms. The van der Waals surface area contributed by atoms with Gasteiger partial charge in [0.1, 0.15) is 12.3 Å². The largest absolute Gasteiger partial charge is 0.497 e. The predicted octanol–water partition coefficient (Wildman–Crippen LogP) is 5.66. The van der Waals surface area contributed by atoms with Crippen LogP contribution in [0.4, 0.5) is 0 Å². The van der Waals surface area contributed by atoms with Gasteiger partial charge in [-0.15, -0.1) is 0 Å². The summed E-state index contributed by atoms with van der Waals surface area (Å²) in [5.74, 6) is 0.795. The van der Waals surface area contributed by atoms with Crippen LogP contribution in [-0.2, 0) is 16.1 Å². The third kappa shape index (κ3) is 6.38. The molecule has 0 atom stereocenters. The molecule has 1 aliphatic rings. The van der Waals surface area contributed by atoms with E-state index >= 15 is 0 Å². The van der Waals surface area contributed by atoms with Crippen molar-refractivity contribution in [2.45, 2.75) is 63.8 Å². The Morgan fingerprint density at radius 3 is 2.37 bits per heavy atom. The van der Waals surface area contributed by atoms with E-state index < -0.39 is 0 Å². The molecule has 2 N–H and O–H groups in total. The van der Waals surface area contributed by atoms with Crippen molar-refractivity contribution in [1.29, 1.82) is 0 Å². The molecule has 7 nitrogen and oxygen atoms in total. The van der Waals surface area contributed by atoms with Crippen LogP contribution in [0.5, 0.6) is 5.75 Å². The number of aromatic nitrogens is 1. The van der Waals surface area contributed by atoms with Gasteiger partial charge < -0.3 is 24.7 Å². The van der Waals surface area contributed by atoms with Gasteiger partial charge in [0.2, 0.25) is 5.91 Å². The molecule has 0 spiro atoms. The number of nitrogens with zero attached hydrogens (tertiary/aromatic N) is 1. The number of methoxy groups -OCH3 is 2. The second-order valence-corrected chi connectivity index (χ2v) is 10.1. The Hall–Kier alpha value is -3.32. The van der Waals surface area contributed by atoms with Crippen molar-refractivity contribution in [2.75, 3.05) is 34.4 Å². The van der Waals surface area contributed by atoms with Gasteiger partial charge >= 0.3 is 5.97 Å². The number of fused-ring (bicyclic) bond motifs is 1. The molecule has 0 saturated heterocycles. The average Bonchev–Trinajstić information content (AvgIpc) is 3.28. The number of amides is 1. The van der Waals surface area contributed by atoms with Gasteiger partial charge in [0.15, 0.2) is 0 Å². The summed E-state index contributed by atoms with van der Waals surface area (Å²) in [6.07, 6.45) is 9.03. The number of esters is 1. The zero-order chi connectivity index (χ0) is 26.9. The van der Waals surface area contributed by atoms with Gasteiger partial charge in [-0.3, -0.25) is 4.79 Å². The fourth-order valence-corrected chi connectivity index (χ4v) is 5.68. The summed E-state index contributed by atoms with van der Waals surface area (Å²) in [4.78, 5) is 25.7. The van der Waals surface area contributed by atoms with Crippen LogP contribution < -0.4 is 15.4 Å². The van der Waals surface area contributed by atoms with Crippen LogP contribution in [0.1, 0.15) is 73.2 Å². The first-order chi connectivity index (χ1) is 18.6. The van der Waals surface area contributed by atoms with Crippen LogP contribution in [0.15, 0.2) is 42.5 Å². The van der Waals surface area contributed by atoms with Crippen LogP contribution in [0, 0.1) is 0 Å². The van der Waals surface area contributed by atoms with E-state index in [9.17, 15) is 9.59 Å². The average molecular weight is 520 g/mol. The molecule has 0 unspecified atom stereocenters. The second-order valence-electron chi connectivity index (χ2n) is 10.1. The Balaban J connectivity index is 1.78. The molecule has 4 rings (SSSR count). The van der Waals surface area contributed by atoms with E-state index in [-0.39, 0.29) is 18.4 Å². The lowest BCUT2D eigenvalue weighted by molar-refractivity contribution is -0.121. The molecule has 0 aliphatic heterocycles. The number of unbranched alkanes of at least 4 members (excludes halogenated alkanes) is 2. The first kappa shape index (κ1) is 27.7. The Bertz CT molecular complexity index is 1230. The lowest BCUT2D eigenvalue weighted by Gasteiger charge is -2.24. The summed E-state index contributed by atoms with van der Waals surface area (Å²) < 4.78 is 12.5. The van der Waals surface area contributed by atoms with Crippen LogP contribution in [-0.4, -0.2) is 50.8 Å². The Labute approximate surface area is 225 Å². The minimum Gasteiger partial charge on any atom is -0.497 e. The maximum atomic E-state index is 13.2. The van der Waals surface area contributed by atoms with Crippen LogP contribution in [0.25, 0.3) is 22.2 Å². The van der Waals surface area contributed by atoms with Crippen molar-refractivity contribution in [1.82, 2.24) is 15.2 Å². The highest BCUT2D eigenvalue weighted by Gasteiger charge is 2.28. The highest BCUT2D eigenvalue weighted by Crippen LogP contribution is 2.44. The number of carbonyl (C=O) groups is 2. The van der Waals surface area contributed by atoms with E-state index in [1.54, 1.807) is 7.11 Å². The van der Waals surface area contributed by atoms with Gasteiger partial charge in [-0.25, -0.2) is 4.79 Å². The van der Waals surface area contributed by atoms with Crippen molar-refractivity contribution < 1.29 is 19.1 Å². The normalized spacial score (nSPS) is 14.0. The molecular weight excluding hydrogens is 478 g/mol. The Morgan fingerprint density at radius 2 is 1.68 bits per heavy atom. The van der Waals surface area contributed by atoms with Crippen molar-refractivity contribution in [3.8, 4) is 17.0 Å². The number of hydrogen-bond acceptors (Lipinski definition) is 5. The molecule has 1 aromatic heterocycles. The maximum Gasteiger partial charge on any atom is 0.337 e. The number of ether oxygens (including phenoxy) is 2. The minimum absolute atomic E-state index is 0.0241. The van der Waals surface area contributed by atoms with Gasteiger partial charge in [0, 0.05) is 11.9 Å². The molecule has 2 aromatic carbocycles. The molecule has 0 radical (unpaired) electrons. The molecule has 1 fully saturated rings. The number of carbonyl (C=O) groups excluding carboxylic acids is 2. The topological polar surface area (TPSA) is 81.6 Å². The molecule has 1 saturated carbocycles. The van der Waals surface area contributed by atoms with Crippen molar-refractivity contribution in [2.24, 2.45) is 0 Å². The van der Waals surface area contributed by atoms with E-state index in [0.29, 0.717) is 18.0 Å². The van der Waals surface area contributed by atoms with E-state index in [4.69, 9.17) is 9.47 Å². The van der Waals surface area contributed by atoms with Crippen LogP contribution in [0.2, 0.25) is 0 Å². The first-order valence-electron chi connectivity index (χ1n) is 13.9. The Morgan fingerprint density at radius 1 is 0.947 bits per heavy atom. The number of benzene rings is 2. The zero-order valence-corrected chi connectivity index (χ0v) is 23.0. The lowest BCUT2D eigenvalue weighted by Crippen LogP contribution is -2.28. The monoisotopic (exact) mass is 519 g/mol. The molecular formula is C31H41N3O4. The molecule has 3 aromatic rings. The fraction of sp³-hybridized carbons (Fsp3) is 0.484. The maximum absolute atomic E-state index is 13.2. The van der Waals surface area contributed by atoms with Gasteiger partial charge in [0.25, 0.3) is 0 Å². The fourth-order valence-electron chi connectivity index (χ4n) is 5.68. The third-order valence-electron chi connectivity index (χ3n) is 7.63. The number of hydrogen-bond donors (Lipinski definition) is 2. The third-order valence-corrected chi connectivity index (χ3v) is 7.63. The van der Waals surface area contributed by atoms with Crippen molar-refractivity contribution >= 4 is 22.8 Å². The molecule has 1 heterocycles. The summed E-state index contributed by atoms with van der Waals surface area (Å²) in [6.45, 7) is 1.83. The minimum atomic E-state index is -0.379. The predicted molar refractivity (Wildman–Crippen MR) is 152 cm³/mol. The smallest absolute Gasteiger partial charge is 0.337 e. The SMILES string of the molecule is CNCCCCCNC(=O)Cn1c(-c2ccc(OC)cc2)c(C2CCCCC2)c2ccc(C(=O)OC)cc21. The standard InChI is InChI=1S/C31H41N3O4/c1-32-18-8-5-9-19-33-28(35)21-34-27-20-24(31(36)38-3)14-17-26(27)29(22-10-6-4-7-11-22)30(34)23-12-15-25(37-2)16-13-23/h12-17,20,22,32H,4-11,18-19,21H2,1-3H3,(H,33,35). The molecule has 1 amide bonds. The van der Waals surface area contributed by atoms with E-state index in [0.717, 1.165) is 66.6 Å². The summed E-state index contributed by atoms with van der Waals surface area (Å²) >= 11 is 0. The number of nitrogens with one attached hydrogen (secondary N) is 2. The summed E-state index contributed by atoms with van der Waals surface area (Å²) in [5, 5.41) is 7.38. The zero-order valence-electron chi connectivity index (χ0n) is 23.0. The summed E-state index contributed by atoms with van der Waals surface area (Å²) in [7, 11) is 5.01. The quantitative estimate of drug-likeness (QED) is 0.238. The summed E-state index contributed by atoms with van der Waals surface area (Å²) in [6, 6.07) is 13.8. The van der Waals surface area contributed by atoms with Gasteiger partial charge in [-0.2, -0.15) is 0 Å². The highest BCUT2D eigenvalue weighted by atomic mass is 16.5. The van der Waals surface area contributed by atoms with Gasteiger partial charge in [-0.1, -0.05) is 31.7 Å². The highest BCUT2D eigenvalue weighted by molar-refractivity contribution is 5.99. The second kappa shape index (κ2) is 13.5. The molecule has 0 bridgehead atoms. The van der Waals surface area contributed by atoms with Crippen molar-refractivity contribution in [3.05, 3.63) is 53.6 Å². The number of rotatable bonds is 12. The summed E-state index contributed by atoms with van der Waals surface area (Å²) in [5.41, 5.74) is 4.76. The first-order valence-corrected chi connectivity index (χ1v) is 13.9. The lowest BCUT2D eigenvalue weighted by atomic mass is 9.82. The Kier molecular flexibility index (Phi) is 9.82. The van der Waals surface area contributed by atoms with Gasteiger partial charge in [-0.05, 0) is 92.7 Å². The molecule has 1 aliphatic carbocycles. The van der Waals surface area contributed by atoms with Crippen molar-refractivity contribution in [3.63, 3.8) is 0 Å². The molecule has 38 heavy (non-hydrogen) atoms. The van der Waals surface area contributed by atoms with Crippen LogP contribution in [0.3, 0.4) is 0 Å². The van der Waals surface area contributed by atoms with E-state index in [2.05, 4.69) is 27.3 Å². The van der Waals surface area contributed by atoms with E-state index in [1.165, 1.54) is 31.9 Å². The van der Waals surface area contributed by atoms with Crippen LogP contribution >= 0.6 is 0 Å². The van der Waals surface area contributed by atoms with E-state index in [1.807, 2.05) is 37.4 Å².